The second kappa shape index (κ2) is 6.12. The van der Waals surface area contributed by atoms with Gasteiger partial charge in [0.2, 0.25) is 0 Å². The van der Waals surface area contributed by atoms with Gasteiger partial charge >= 0.3 is 0 Å². The van der Waals surface area contributed by atoms with Gasteiger partial charge < -0.3 is 4.90 Å². The monoisotopic (exact) mass is 315 g/mol. The molecule has 1 fully saturated rings. The molecule has 0 N–H and O–H groups in total. The van der Waals surface area contributed by atoms with Gasteiger partial charge in [0.1, 0.15) is 5.78 Å². The molecular formula is C13H18BrNOS. The molecule has 1 aliphatic rings. The van der Waals surface area contributed by atoms with Crippen molar-refractivity contribution in [1.29, 1.82) is 0 Å². The molecule has 0 saturated heterocycles. The van der Waals surface area contributed by atoms with Crippen LogP contribution in [0, 0.1) is 0 Å². The van der Waals surface area contributed by atoms with Crippen molar-refractivity contribution < 1.29 is 4.79 Å². The van der Waals surface area contributed by atoms with Crippen molar-refractivity contribution in [2.75, 3.05) is 13.6 Å². The van der Waals surface area contributed by atoms with E-state index in [0.29, 0.717) is 11.8 Å². The average molecular weight is 316 g/mol. The minimum Gasteiger partial charge on any atom is -0.303 e. The van der Waals surface area contributed by atoms with Gasteiger partial charge in [-0.05, 0) is 48.3 Å². The topological polar surface area (TPSA) is 20.3 Å². The van der Waals surface area contributed by atoms with Gasteiger partial charge in [-0.15, -0.1) is 11.3 Å². The molecule has 2 nitrogen and oxygen atoms in total. The SMILES string of the molecule is CN(CCc1cc(Br)cs1)C1CCC(=O)CC1. The fourth-order valence-corrected chi connectivity index (χ4v) is 3.76. The van der Waals surface area contributed by atoms with E-state index >= 15 is 0 Å². The normalized spacial score (nSPS) is 17.9. The molecule has 1 aromatic rings. The van der Waals surface area contributed by atoms with Crippen molar-refractivity contribution >= 4 is 33.0 Å². The minimum atomic E-state index is 0.442. The maximum Gasteiger partial charge on any atom is 0.133 e. The Morgan fingerprint density at radius 2 is 2.18 bits per heavy atom. The fourth-order valence-electron chi connectivity index (χ4n) is 2.32. The number of likely N-dealkylation sites (N-methyl/N-ethyl adjacent to an activating group) is 1. The summed E-state index contributed by atoms with van der Waals surface area (Å²) in [5.74, 6) is 0.442. The maximum absolute atomic E-state index is 11.2. The van der Waals surface area contributed by atoms with Crippen molar-refractivity contribution in [3.8, 4) is 0 Å². The number of hydrogen-bond acceptors (Lipinski definition) is 3. The van der Waals surface area contributed by atoms with Crippen molar-refractivity contribution in [3.05, 3.63) is 20.8 Å². The van der Waals surface area contributed by atoms with E-state index in [4.69, 9.17) is 0 Å². The third-order valence-corrected chi connectivity index (χ3v) is 5.23. The molecule has 0 spiro atoms. The van der Waals surface area contributed by atoms with Crippen LogP contribution >= 0.6 is 27.3 Å². The molecule has 1 aliphatic carbocycles. The quantitative estimate of drug-likeness (QED) is 0.847. The molecule has 0 amide bonds. The first kappa shape index (κ1) is 13.2. The van der Waals surface area contributed by atoms with Crippen LogP contribution in [0.3, 0.4) is 0 Å². The Hall–Kier alpha value is -0.190. The smallest absolute Gasteiger partial charge is 0.133 e. The van der Waals surface area contributed by atoms with E-state index in [-0.39, 0.29) is 0 Å². The number of ketones is 1. The molecule has 1 heterocycles. The highest BCUT2D eigenvalue weighted by Crippen LogP contribution is 2.22. The highest BCUT2D eigenvalue weighted by molar-refractivity contribution is 9.10. The van der Waals surface area contributed by atoms with Crippen LogP contribution in [0.1, 0.15) is 30.6 Å². The van der Waals surface area contributed by atoms with E-state index in [0.717, 1.165) is 38.6 Å². The highest BCUT2D eigenvalue weighted by Gasteiger charge is 2.21. The van der Waals surface area contributed by atoms with Gasteiger partial charge in [0.15, 0.2) is 0 Å². The standard InChI is InChI=1S/C13H18BrNOS/c1-15(11-2-4-12(16)5-3-11)7-6-13-8-10(14)9-17-13/h8-9,11H,2-7H2,1H3. The van der Waals surface area contributed by atoms with E-state index in [1.54, 1.807) is 0 Å². The molecule has 1 aromatic heterocycles. The number of hydrogen-bond donors (Lipinski definition) is 0. The molecule has 17 heavy (non-hydrogen) atoms. The van der Waals surface area contributed by atoms with Gasteiger partial charge in [-0.2, -0.15) is 0 Å². The van der Waals surface area contributed by atoms with Gasteiger partial charge in [-0.1, -0.05) is 0 Å². The molecular weight excluding hydrogens is 298 g/mol. The molecule has 0 radical (unpaired) electrons. The Morgan fingerprint density at radius 1 is 1.47 bits per heavy atom. The Bertz CT molecular complexity index is 381. The molecule has 94 valence electrons. The summed E-state index contributed by atoms with van der Waals surface area (Å²) in [4.78, 5) is 15.0. The lowest BCUT2D eigenvalue weighted by atomic mass is 9.93. The Balaban J connectivity index is 1.77. The number of halogens is 1. The molecule has 0 aromatic carbocycles. The van der Waals surface area contributed by atoms with E-state index in [1.807, 2.05) is 11.3 Å². The summed E-state index contributed by atoms with van der Waals surface area (Å²) < 4.78 is 1.18. The largest absolute Gasteiger partial charge is 0.303 e. The number of carbonyl (C=O) groups excluding carboxylic acids is 1. The van der Waals surface area contributed by atoms with Crippen LogP contribution in [-0.4, -0.2) is 30.3 Å². The summed E-state index contributed by atoms with van der Waals surface area (Å²) in [5, 5.41) is 2.13. The number of nitrogens with zero attached hydrogens (tertiary/aromatic N) is 1. The Labute approximate surface area is 115 Å². The van der Waals surface area contributed by atoms with E-state index in [2.05, 4.69) is 39.3 Å². The van der Waals surface area contributed by atoms with Crippen LogP contribution < -0.4 is 0 Å². The first-order valence-electron chi connectivity index (χ1n) is 6.10. The number of carbonyl (C=O) groups is 1. The Kier molecular flexibility index (Phi) is 4.77. The predicted octanol–water partition coefficient (Wildman–Crippen LogP) is 3.50. The zero-order chi connectivity index (χ0) is 12.3. The van der Waals surface area contributed by atoms with Gasteiger partial charge in [-0.3, -0.25) is 4.79 Å². The van der Waals surface area contributed by atoms with Gasteiger partial charge in [0, 0.05) is 40.2 Å². The number of Topliss-reactive ketones (excluding diaryl/α,β-unsaturated/α-hetero) is 1. The van der Waals surface area contributed by atoms with Crippen LogP contribution in [0.4, 0.5) is 0 Å². The molecule has 0 aliphatic heterocycles. The second-order valence-electron chi connectivity index (χ2n) is 4.73. The third-order valence-electron chi connectivity index (χ3n) is 3.47. The molecule has 0 unspecified atom stereocenters. The molecule has 2 rings (SSSR count). The summed E-state index contributed by atoms with van der Waals surface area (Å²) in [5.41, 5.74) is 0. The maximum atomic E-state index is 11.2. The van der Waals surface area contributed by atoms with Crippen LogP contribution in [0.2, 0.25) is 0 Å². The van der Waals surface area contributed by atoms with E-state index in [9.17, 15) is 4.79 Å². The lowest BCUT2D eigenvalue weighted by molar-refractivity contribution is -0.121. The van der Waals surface area contributed by atoms with E-state index in [1.165, 1.54) is 9.35 Å². The number of thiophene rings is 1. The van der Waals surface area contributed by atoms with Gasteiger partial charge in [0.25, 0.3) is 0 Å². The Morgan fingerprint density at radius 3 is 2.76 bits per heavy atom. The lowest BCUT2D eigenvalue weighted by Gasteiger charge is -2.30. The zero-order valence-electron chi connectivity index (χ0n) is 10.1. The summed E-state index contributed by atoms with van der Waals surface area (Å²) >= 11 is 5.29. The minimum absolute atomic E-state index is 0.442. The van der Waals surface area contributed by atoms with Crippen molar-refractivity contribution in [3.63, 3.8) is 0 Å². The van der Waals surface area contributed by atoms with E-state index < -0.39 is 0 Å². The first-order valence-corrected chi connectivity index (χ1v) is 7.77. The predicted molar refractivity (Wildman–Crippen MR) is 75.6 cm³/mol. The lowest BCUT2D eigenvalue weighted by Crippen LogP contribution is -2.36. The van der Waals surface area contributed by atoms with Crippen LogP contribution in [0.15, 0.2) is 15.9 Å². The van der Waals surface area contributed by atoms with Crippen LogP contribution in [0.25, 0.3) is 0 Å². The third kappa shape index (κ3) is 3.90. The molecule has 4 heteroatoms. The zero-order valence-corrected chi connectivity index (χ0v) is 12.5. The summed E-state index contributed by atoms with van der Waals surface area (Å²) in [6, 6.07) is 2.80. The summed E-state index contributed by atoms with van der Waals surface area (Å²) in [6.45, 7) is 1.09. The van der Waals surface area contributed by atoms with Crippen molar-refractivity contribution in [2.45, 2.75) is 38.1 Å². The first-order chi connectivity index (χ1) is 8.15. The average Bonchev–Trinajstić information content (AvgIpc) is 2.73. The van der Waals surface area contributed by atoms with Gasteiger partial charge in [0.05, 0.1) is 0 Å². The van der Waals surface area contributed by atoms with Crippen LogP contribution in [0.5, 0.6) is 0 Å². The summed E-state index contributed by atoms with van der Waals surface area (Å²) in [7, 11) is 2.18. The molecule has 0 atom stereocenters. The highest BCUT2D eigenvalue weighted by atomic mass is 79.9. The van der Waals surface area contributed by atoms with Crippen molar-refractivity contribution in [1.82, 2.24) is 4.90 Å². The van der Waals surface area contributed by atoms with Crippen LogP contribution in [-0.2, 0) is 11.2 Å². The second-order valence-corrected chi connectivity index (χ2v) is 6.64. The fraction of sp³-hybridized carbons (Fsp3) is 0.615. The van der Waals surface area contributed by atoms with Gasteiger partial charge in [-0.25, -0.2) is 0 Å². The molecule has 1 saturated carbocycles. The number of rotatable bonds is 4. The van der Waals surface area contributed by atoms with Crippen molar-refractivity contribution in [2.24, 2.45) is 0 Å². The molecule has 0 bridgehead atoms. The summed E-state index contributed by atoms with van der Waals surface area (Å²) in [6.07, 6.45) is 4.75.